The molecule has 0 saturated heterocycles. The van der Waals surface area contributed by atoms with Gasteiger partial charge in [0.25, 0.3) is 0 Å². The summed E-state index contributed by atoms with van der Waals surface area (Å²) < 4.78 is 0. The van der Waals surface area contributed by atoms with E-state index in [1.165, 1.54) is 22.3 Å². The summed E-state index contributed by atoms with van der Waals surface area (Å²) in [5, 5.41) is 3.44. The molecule has 0 saturated carbocycles. The molecule has 0 unspecified atom stereocenters. The maximum Gasteiger partial charge on any atom is 0.0184 e. The zero-order valence-corrected chi connectivity index (χ0v) is 17.3. The third kappa shape index (κ3) is 13.0. The lowest BCUT2D eigenvalue weighted by Gasteiger charge is -2.12. The summed E-state index contributed by atoms with van der Waals surface area (Å²) in [6.45, 7) is 25.3. The zero-order chi connectivity index (χ0) is 19.7. The van der Waals surface area contributed by atoms with Crippen LogP contribution in [0.1, 0.15) is 64.5 Å². The first-order chi connectivity index (χ1) is 12.0. The molecule has 1 nitrogen and oxygen atoms in total. The summed E-state index contributed by atoms with van der Waals surface area (Å²) in [5.41, 5.74) is 6.41. The van der Waals surface area contributed by atoms with E-state index in [0.29, 0.717) is 0 Å². The zero-order valence-electron chi connectivity index (χ0n) is 17.3. The van der Waals surface area contributed by atoms with Crippen molar-refractivity contribution in [2.24, 2.45) is 0 Å². The lowest BCUT2D eigenvalue weighted by Crippen LogP contribution is -2.14. The first-order valence-electron chi connectivity index (χ1n) is 9.31. The van der Waals surface area contributed by atoms with Gasteiger partial charge in [-0.2, -0.15) is 0 Å². The molecule has 1 heteroatoms. The van der Waals surface area contributed by atoms with Gasteiger partial charge in [0.1, 0.15) is 0 Å². The summed E-state index contributed by atoms with van der Waals surface area (Å²) in [4.78, 5) is 0. The Hall–Kier alpha value is -2.02. The number of allylic oxidation sites excluding steroid dienone is 3. The minimum absolute atomic E-state index is 0.944. The molecule has 0 aliphatic carbocycles. The third-order valence-corrected chi connectivity index (χ3v) is 3.59. The molecule has 0 aromatic heterocycles. The Bertz CT molecular complexity index is 523. The number of rotatable bonds is 9. The normalized spacial score (nSPS) is 9.88. The van der Waals surface area contributed by atoms with Crippen LogP contribution in [0.5, 0.6) is 0 Å². The quantitative estimate of drug-likeness (QED) is 0.459. The van der Waals surface area contributed by atoms with Crippen molar-refractivity contribution in [3.63, 3.8) is 0 Å². The second-order valence-electron chi connectivity index (χ2n) is 5.77. The van der Waals surface area contributed by atoms with E-state index < -0.39 is 0 Å². The standard InChI is InChI=1S/C20H29N.C2H6.C2H4/c1-6-19(20-12-8-10-17(4)15-20)13-14-21-18(5)11-7-9-16(2)3;2*1-2/h6,8,10,12,15,21H,2,5,7,9,11,13-14H2,1,3-4H3;1-2H3;1-2H2/b19-6-;;. The summed E-state index contributed by atoms with van der Waals surface area (Å²) in [6.07, 6.45) is 6.49. The van der Waals surface area contributed by atoms with Crippen molar-refractivity contribution in [2.75, 3.05) is 6.54 Å². The van der Waals surface area contributed by atoms with Gasteiger partial charge in [0.15, 0.2) is 0 Å². The third-order valence-electron chi connectivity index (χ3n) is 3.59. The van der Waals surface area contributed by atoms with Crippen LogP contribution in [0.3, 0.4) is 0 Å². The van der Waals surface area contributed by atoms with E-state index in [2.05, 4.69) is 82.7 Å². The molecule has 0 heterocycles. The van der Waals surface area contributed by atoms with Crippen LogP contribution in [0.15, 0.2) is 67.9 Å². The van der Waals surface area contributed by atoms with Crippen LogP contribution < -0.4 is 5.32 Å². The van der Waals surface area contributed by atoms with Gasteiger partial charge in [-0.3, -0.25) is 0 Å². The molecule has 0 amide bonds. The second-order valence-corrected chi connectivity index (χ2v) is 5.77. The monoisotopic (exact) mass is 341 g/mol. The lowest BCUT2D eigenvalue weighted by molar-refractivity contribution is 0.714. The van der Waals surface area contributed by atoms with Crippen molar-refractivity contribution in [1.82, 2.24) is 5.32 Å². The summed E-state index contributed by atoms with van der Waals surface area (Å²) in [6, 6.07) is 8.69. The predicted molar refractivity (Wildman–Crippen MR) is 118 cm³/mol. The van der Waals surface area contributed by atoms with Crippen molar-refractivity contribution < 1.29 is 0 Å². The van der Waals surface area contributed by atoms with E-state index in [9.17, 15) is 0 Å². The predicted octanol–water partition coefficient (Wildman–Crippen LogP) is 7.47. The molecular formula is C24H39N. The molecule has 0 fully saturated rings. The molecule has 140 valence electrons. The minimum Gasteiger partial charge on any atom is -0.388 e. The Kier molecular flexibility index (Phi) is 17.0. The maximum atomic E-state index is 4.10. The fourth-order valence-electron chi connectivity index (χ4n) is 2.37. The molecule has 0 bridgehead atoms. The van der Waals surface area contributed by atoms with Gasteiger partial charge in [-0.1, -0.05) is 61.9 Å². The van der Waals surface area contributed by atoms with Crippen LogP contribution in [0, 0.1) is 6.92 Å². The number of benzene rings is 1. The van der Waals surface area contributed by atoms with Crippen LogP contribution in [-0.2, 0) is 0 Å². The molecule has 25 heavy (non-hydrogen) atoms. The Morgan fingerprint density at radius 1 is 1.08 bits per heavy atom. The van der Waals surface area contributed by atoms with Crippen molar-refractivity contribution in [2.45, 2.75) is 60.3 Å². The van der Waals surface area contributed by atoms with Gasteiger partial charge in [0.05, 0.1) is 0 Å². The molecule has 0 radical (unpaired) electrons. The molecule has 1 rings (SSSR count). The smallest absolute Gasteiger partial charge is 0.0184 e. The average molecular weight is 342 g/mol. The fourth-order valence-corrected chi connectivity index (χ4v) is 2.37. The Labute approximate surface area is 157 Å². The lowest BCUT2D eigenvalue weighted by atomic mass is 10.0. The summed E-state index contributed by atoms with van der Waals surface area (Å²) in [7, 11) is 0. The van der Waals surface area contributed by atoms with E-state index in [-0.39, 0.29) is 0 Å². The molecule has 0 aliphatic heterocycles. The van der Waals surface area contributed by atoms with E-state index in [4.69, 9.17) is 0 Å². The number of hydrogen-bond donors (Lipinski definition) is 1. The number of nitrogens with one attached hydrogen (secondary N) is 1. The number of hydrogen-bond acceptors (Lipinski definition) is 1. The molecule has 1 aromatic rings. The molecule has 0 atom stereocenters. The highest BCUT2D eigenvalue weighted by molar-refractivity contribution is 5.65. The van der Waals surface area contributed by atoms with Gasteiger partial charge in [0, 0.05) is 12.2 Å². The van der Waals surface area contributed by atoms with E-state index >= 15 is 0 Å². The fraction of sp³-hybridized carbons (Fsp3) is 0.417. The highest BCUT2D eigenvalue weighted by Crippen LogP contribution is 2.19. The Balaban J connectivity index is 0. The van der Waals surface area contributed by atoms with Crippen LogP contribution in [0.4, 0.5) is 0 Å². The van der Waals surface area contributed by atoms with Gasteiger partial charge >= 0.3 is 0 Å². The van der Waals surface area contributed by atoms with Crippen molar-refractivity contribution in [3.05, 3.63) is 79.1 Å². The average Bonchev–Trinajstić information content (AvgIpc) is 2.62. The molecule has 1 aromatic carbocycles. The summed E-state index contributed by atoms with van der Waals surface area (Å²) >= 11 is 0. The van der Waals surface area contributed by atoms with Gasteiger partial charge in [-0.05, 0) is 57.6 Å². The highest BCUT2D eigenvalue weighted by atomic mass is 14.9. The van der Waals surface area contributed by atoms with Crippen molar-refractivity contribution in [3.8, 4) is 0 Å². The summed E-state index contributed by atoms with van der Waals surface area (Å²) in [5.74, 6) is 0. The van der Waals surface area contributed by atoms with Crippen LogP contribution >= 0.6 is 0 Å². The largest absolute Gasteiger partial charge is 0.388 e. The molecule has 1 N–H and O–H groups in total. The SMILES string of the molecule is C=C.C=C(C)CCCC(=C)NCC/C(=C/C)c1cccc(C)c1.CC. The topological polar surface area (TPSA) is 12.0 Å². The Morgan fingerprint density at radius 3 is 2.24 bits per heavy atom. The van der Waals surface area contributed by atoms with Gasteiger partial charge in [-0.25, -0.2) is 0 Å². The van der Waals surface area contributed by atoms with Crippen LogP contribution in [0.2, 0.25) is 0 Å². The van der Waals surface area contributed by atoms with Gasteiger partial charge < -0.3 is 5.32 Å². The first-order valence-corrected chi connectivity index (χ1v) is 9.31. The molecule has 0 spiro atoms. The van der Waals surface area contributed by atoms with Crippen LogP contribution in [0.25, 0.3) is 5.57 Å². The number of aryl methyl sites for hydroxylation is 1. The maximum absolute atomic E-state index is 4.10. The van der Waals surface area contributed by atoms with E-state index in [0.717, 1.165) is 37.9 Å². The highest BCUT2D eigenvalue weighted by Gasteiger charge is 2.01. The van der Waals surface area contributed by atoms with Crippen molar-refractivity contribution in [1.29, 1.82) is 0 Å². The van der Waals surface area contributed by atoms with Crippen molar-refractivity contribution >= 4 is 5.57 Å². The van der Waals surface area contributed by atoms with Gasteiger partial charge in [-0.15, -0.1) is 19.7 Å². The first kappa shape index (κ1) is 25.2. The molecule has 0 aliphatic rings. The molecular weight excluding hydrogens is 302 g/mol. The van der Waals surface area contributed by atoms with Crippen LogP contribution in [-0.4, -0.2) is 6.54 Å². The van der Waals surface area contributed by atoms with E-state index in [1.54, 1.807) is 0 Å². The second kappa shape index (κ2) is 16.8. The Morgan fingerprint density at radius 2 is 1.72 bits per heavy atom. The minimum atomic E-state index is 0.944. The van der Waals surface area contributed by atoms with Gasteiger partial charge in [0.2, 0.25) is 0 Å². The van der Waals surface area contributed by atoms with E-state index in [1.807, 2.05) is 13.8 Å².